The first-order valence-corrected chi connectivity index (χ1v) is 8.02. The Bertz CT molecular complexity index is 403. The molecule has 100 valence electrons. The van der Waals surface area contributed by atoms with Gasteiger partial charge in [-0.15, -0.1) is 11.3 Å². The average molecular weight is 265 g/mol. The summed E-state index contributed by atoms with van der Waals surface area (Å²) in [6, 6.07) is 1.29. The number of fused-ring (bicyclic) bond motifs is 1. The molecule has 2 atom stereocenters. The molecule has 3 rings (SSSR count). The molecule has 3 nitrogen and oxygen atoms in total. The number of hydrogen-bond acceptors (Lipinski definition) is 4. The van der Waals surface area contributed by atoms with Gasteiger partial charge in [-0.25, -0.2) is 4.98 Å². The molecule has 2 fully saturated rings. The summed E-state index contributed by atoms with van der Waals surface area (Å²) < 4.78 is 0. The zero-order valence-corrected chi connectivity index (χ0v) is 12.2. The molecule has 0 amide bonds. The fourth-order valence-corrected chi connectivity index (χ4v) is 4.19. The van der Waals surface area contributed by atoms with Crippen molar-refractivity contribution in [2.75, 3.05) is 26.2 Å². The van der Waals surface area contributed by atoms with E-state index >= 15 is 0 Å². The van der Waals surface area contributed by atoms with Crippen LogP contribution in [0.3, 0.4) is 0 Å². The lowest BCUT2D eigenvalue weighted by atomic mass is 10.2. The van der Waals surface area contributed by atoms with Gasteiger partial charge in [-0.3, -0.25) is 9.80 Å². The third-order valence-corrected chi connectivity index (χ3v) is 5.51. The van der Waals surface area contributed by atoms with Crippen LogP contribution < -0.4 is 0 Å². The number of hydrogen-bond donors (Lipinski definition) is 0. The molecular formula is C14H23N3S. The summed E-state index contributed by atoms with van der Waals surface area (Å²) in [4.78, 5) is 10.0. The van der Waals surface area contributed by atoms with Gasteiger partial charge in [0.15, 0.2) is 0 Å². The van der Waals surface area contributed by atoms with Gasteiger partial charge in [-0.1, -0.05) is 0 Å². The standard InChI is InChI=1S/C14H23N3S/c1-11-10-18-14(15-11)12(2)17-8-4-7-16-6-3-5-13(16)9-17/h10,12-13H,3-9H2,1-2H3. The Hall–Kier alpha value is -0.450. The minimum atomic E-state index is 0.490. The highest BCUT2D eigenvalue weighted by molar-refractivity contribution is 7.09. The van der Waals surface area contributed by atoms with Crippen LogP contribution in [0.25, 0.3) is 0 Å². The normalized spacial score (nSPS) is 28.0. The van der Waals surface area contributed by atoms with E-state index in [4.69, 9.17) is 0 Å². The zero-order chi connectivity index (χ0) is 12.5. The molecule has 0 aliphatic carbocycles. The molecule has 2 saturated heterocycles. The van der Waals surface area contributed by atoms with Crippen molar-refractivity contribution < 1.29 is 0 Å². The zero-order valence-electron chi connectivity index (χ0n) is 11.4. The predicted octanol–water partition coefficient (Wildman–Crippen LogP) is 2.68. The minimum absolute atomic E-state index is 0.490. The largest absolute Gasteiger partial charge is 0.299 e. The first kappa shape index (κ1) is 12.6. The second kappa shape index (κ2) is 5.27. The van der Waals surface area contributed by atoms with Crippen LogP contribution in [0.4, 0.5) is 0 Å². The van der Waals surface area contributed by atoms with E-state index in [2.05, 4.69) is 34.0 Å². The van der Waals surface area contributed by atoms with Crippen LogP contribution in [0.15, 0.2) is 5.38 Å². The molecule has 0 radical (unpaired) electrons. The van der Waals surface area contributed by atoms with E-state index < -0.39 is 0 Å². The van der Waals surface area contributed by atoms with E-state index in [-0.39, 0.29) is 0 Å². The Kier molecular flexibility index (Phi) is 3.68. The lowest BCUT2D eigenvalue weighted by Crippen LogP contribution is -2.37. The first-order valence-electron chi connectivity index (χ1n) is 7.14. The number of aromatic nitrogens is 1. The van der Waals surface area contributed by atoms with Crippen LogP contribution in [0.1, 0.15) is 42.9 Å². The quantitative estimate of drug-likeness (QED) is 0.819. The van der Waals surface area contributed by atoms with Gasteiger partial charge in [0.2, 0.25) is 0 Å². The maximum absolute atomic E-state index is 4.67. The molecule has 2 aliphatic heterocycles. The van der Waals surface area contributed by atoms with Crippen LogP contribution in [-0.2, 0) is 0 Å². The molecule has 0 aromatic carbocycles. The van der Waals surface area contributed by atoms with Gasteiger partial charge < -0.3 is 0 Å². The van der Waals surface area contributed by atoms with Crippen molar-refractivity contribution in [2.45, 2.75) is 45.2 Å². The fraction of sp³-hybridized carbons (Fsp3) is 0.786. The van der Waals surface area contributed by atoms with E-state index in [1.807, 2.05) is 11.3 Å². The van der Waals surface area contributed by atoms with E-state index in [1.165, 1.54) is 56.1 Å². The van der Waals surface area contributed by atoms with Crippen LogP contribution in [-0.4, -0.2) is 47.0 Å². The number of aryl methyl sites for hydroxylation is 1. The van der Waals surface area contributed by atoms with Crippen LogP contribution in [0, 0.1) is 6.92 Å². The monoisotopic (exact) mass is 265 g/mol. The highest BCUT2D eigenvalue weighted by Crippen LogP contribution is 2.28. The van der Waals surface area contributed by atoms with E-state index in [0.717, 1.165) is 6.04 Å². The Morgan fingerprint density at radius 3 is 2.94 bits per heavy atom. The molecule has 0 saturated carbocycles. The van der Waals surface area contributed by atoms with Crippen LogP contribution >= 0.6 is 11.3 Å². The van der Waals surface area contributed by atoms with E-state index in [1.54, 1.807) is 0 Å². The molecule has 0 N–H and O–H groups in total. The van der Waals surface area contributed by atoms with E-state index in [0.29, 0.717) is 6.04 Å². The van der Waals surface area contributed by atoms with Crippen molar-refractivity contribution >= 4 is 11.3 Å². The molecule has 0 spiro atoms. The van der Waals surface area contributed by atoms with Crippen molar-refractivity contribution in [3.05, 3.63) is 16.1 Å². The average Bonchev–Trinajstić information content (AvgIpc) is 2.93. The van der Waals surface area contributed by atoms with Gasteiger partial charge in [0.1, 0.15) is 5.01 Å². The van der Waals surface area contributed by atoms with Crippen molar-refractivity contribution in [1.29, 1.82) is 0 Å². The summed E-state index contributed by atoms with van der Waals surface area (Å²) in [5.41, 5.74) is 1.17. The summed E-state index contributed by atoms with van der Waals surface area (Å²) >= 11 is 1.82. The Morgan fingerprint density at radius 1 is 1.33 bits per heavy atom. The van der Waals surface area contributed by atoms with Crippen molar-refractivity contribution in [3.8, 4) is 0 Å². The Balaban J connectivity index is 1.71. The molecule has 1 aromatic rings. The fourth-order valence-electron chi connectivity index (χ4n) is 3.31. The second-order valence-corrected chi connectivity index (χ2v) is 6.57. The molecule has 0 bridgehead atoms. The second-order valence-electron chi connectivity index (χ2n) is 5.68. The Morgan fingerprint density at radius 2 is 2.17 bits per heavy atom. The molecule has 1 aromatic heterocycles. The molecule has 4 heteroatoms. The lowest BCUT2D eigenvalue weighted by Gasteiger charge is -2.29. The van der Waals surface area contributed by atoms with Gasteiger partial charge in [0, 0.05) is 30.2 Å². The van der Waals surface area contributed by atoms with Crippen LogP contribution in [0.5, 0.6) is 0 Å². The summed E-state index contributed by atoms with van der Waals surface area (Å²) in [7, 11) is 0. The maximum Gasteiger partial charge on any atom is 0.110 e. The maximum atomic E-state index is 4.67. The SMILES string of the molecule is Cc1csc(C(C)N2CCCN3CCCC3C2)n1. The van der Waals surface area contributed by atoms with Gasteiger partial charge in [0.05, 0.1) is 6.04 Å². The van der Waals surface area contributed by atoms with Gasteiger partial charge in [-0.05, 0) is 46.2 Å². The Labute approximate surface area is 114 Å². The van der Waals surface area contributed by atoms with Gasteiger partial charge in [-0.2, -0.15) is 0 Å². The number of nitrogens with zero attached hydrogens (tertiary/aromatic N) is 3. The summed E-state index contributed by atoms with van der Waals surface area (Å²) in [5, 5.41) is 3.46. The third kappa shape index (κ3) is 2.46. The molecule has 18 heavy (non-hydrogen) atoms. The highest BCUT2D eigenvalue weighted by atomic mass is 32.1. The lowest BCUT2D eigenvalue weighted by molar-refractivity contribution is 0.182. The number of rotatable bonds is 2. The van der Waals surface area contributed by atoms with Gasteiger partial charge in [0.25, 0.3) is 0 Å². The molecule has 2 unspecified atom stereocenters. The van der Waals surface area contributed by atoms with Crippen molar-refractivity contribution in [3.63, 3.8) is 0 Å². The van der Waals surface area contributed by atoms with Crippen LogP contribution in [0.2, 0.25) is 0 Å². The van der Waals surface area contributed by atoms with Crippen molar-refractivity contribution in [2.24, 2.45) is 0 Å². The topological polar surface area (TPSA) is 19.4 Å². The minimum Gasteiger partial charge on any atom is -0.299 e. The molecule has 2 aliphatic rings. The molecule has 3 heterocycles. The summed E-state index contributed by atoms with van der Waals surface area (Å²) in [6.45, 7) is 9.50. The number of thiazole rings is 1. The predicted molar refractivity (Wildman–Crippen MR) is 76.1 cm³/mol. The summed E-state index contributed by atoms with van der Waals surface area (Å²) in [5.74, 6) is 0. The smallest absolute Gasteiger partial charge is 0.110 e. The third-order valence-electron chi connectivity index (χ3n) is 4.38. The first-order chi connectivity index (χ1) is 8.74. The summed E-state index contributed by atoms with van der Waals surface area (Å²) in [6.07, 6.45) is 4.09. The van der Waals surface area contributed by atoms with E-state index in [9.17, 15) is 0 Å². The van der Waals surface area contributed by atoms with Crippen molar-refractivity contribution in [1.82, 2.24) is 14.8 Å². The highest BCUT2D eigenvalue weighted by Gasteiger charge is 2.31. The van der Waals surface area contributed by atoms with Gasteiger partial charge >= 0.3 is 0 Å². The molecular weight excluding hydrogens is 242 g/mol.